The Morgan fingerprint density at radius 3 is 2.08 bits per heavy atom. The third-order valence-electron chi connectivity index (χ3n) is 1.15. The van der Waals surface area contributed by atoms with Gasteiger partial charge in [-0.3, -0.25) is 0 Å². The largest absolute Gasteiger partial charge is 2.00 e. The second-order valence-corrected chi connectivity index (χ2v) is 1.74. The molecule has 0 aliphatic heterocycles. The van der Waals surface area contributed by atoms with Crippen molar-refractivity contribution in [3.8, 4) is 0 Å². The van der Waals surface area contributed by atoms with E-state index in [0.717, 1.165) is 6.42 Å². The standard InChI is InChI=1S/C8H9.2ClH.Li.Mg/c1-2-8-6-4-3-5-7-8;;;;/h3-6H,2H2,1H3;2*1H;;/q-1;;;+1;+2/p-2. The van der Waals surface area contributed by atoms with Gasteiger partial charge < -0.3 is 24.8 Å². The summed E-state index contributed by atoms with van der Waals surface area (Å²) in [6, 6.07) is 11.2. The van der Waals surface area contributed by atoms with Gasteiger partial charge in [-0.25, -0.2) is 0 Å². The Kier molecular flexibility index (Phi) is 28.4. The molecule has 0 radical (unpaired) electrons. The van der Waals surface area contributed by atoms with Crippen LogP contribution in [0.5, 0.6) is 0 Å². The van der Waals surface area contributed by atoms with E-state index in [0.29, 0.717) is 0 Å². The molecule has 1 aromatic carbocycles. The summed E-state index contributed by atoms with van der Waals surface area (Å²) in [7, 11) is 0. The summed E-state index contributed by atoms with van der Waals surface area (Å²) in [5.41, 5.74) is 1.28. The van der Waals surface area contributed by atoms with Gasteiger partial charge in [-0.1, -0.05) is 13.3 Å². The Morgan fingerprint density at radius 2 is 1.83 bits per heavy atom. The van der Waals surface area contributed by atoms with Gasteiger partial charge in [-0.15, -0.1) is 0 Å². The molecule has 0 atom stereocenters. The molecule has 0 bridgehead atoms. The maximum absolute atomic E-state index is 3.12. The summed E-state index contributed by atoms with van der Waals surface area (Å²) in [5, 5.41) is 0. The fraction of sp³-hybridized carbons (Fsp3) is 0.250. The third-order valence-corrected chi connectivity index (χ3v) is 1.15. The predicted octanol–water partition coefficient (Wildman–Crippen LogP) is -7.32. The van der Waals surface area contributed by atoms with Crippen LogP contribution in [0.25, 0.3) is 0 Å². The first-order valence-electron chi connectivity index (χ1n) is 2.89. The van der Waals surface area contributed by atoms with Gasteiger partial charge in [0.05, 0.1) is 0 Å². The second kappa shape index (κ2) is 14.7. The number of benzene rings is 1. The number of rotatable bonds is 1. The number of aryl methyl sites for hydroxylation is 1. The Hall–Kier alpha value is 1.16. The van der Waals surface area contributed by atoms with E-state index >= 15 is 0 Å². The maximum Gasteiger partial charge on any atom is 2.00 e. The first kappa shape index (κ1) is 23.2. The first-order valence-corrected chi connectivity index (χ1v) is 2.89. The molecule has 0 aliphatic carbocycles. The SMILES string of the molecule is CCc1[c-]cccc1.[Cl-].[Cl-].[Li+].[Mg+2]. The second-order valence-electron chi connectivity index (χ2n) is 1.74. The van der Waals surface area contributed by atoms with Crippen molar-refractivity contribution in [1.82, 2.24) is 0 Å². The molecule has 0 N–H and O–H groups in total. The molecule has 0 saturated carbocycles. The van der Waals surface area contributed by atoms with Gasteiger partial charge >= 0.3 is 41.9 Å². The number of hydrogen-bond acceptors (Lipinski definition) is 0. The molecule has 0 saturated heterocycles. The molecule has 0 heterocycles. The Bertz CT molecular complexity index is 158. The van der Waals surface area contributed by atoms with Crippen LogP contribution < -0.4 is 43.7 Å². The fourth-order valence-electron chi connectivity index (χ4n) is 0.650. The van der Waals surface area contributed by atoms with Gasteiger partial charge in [0.1, 0.15) is 0 Å². The van der Waals surface area contributed by atoms with Crippen molar-refractivity contribution >= 4 is 23.1 Å². The molecule has 0 aromatic heterocycles. The van der Waals surface area contributed by atoms with Crippen LogP contribution in [-0.4, -0.2) is 23.1 Å². The van der Waals surface area contributed by atoms with Crippen molar-refractivity contribution in [2.24, 2.45) is 0 Å². The number of hydrogen-bond donors (Lipinski definition) is 0. The number of halogens is 2. The zero-order valence-corrected chi connectivity index (χ0v) is 10.4. The summed E-state index contributed by atoms with van der Waals surface area (Å²) < 4.78 is 0. The summed E-state index contributed by atoms with van der Waals surface area (Å²) in [5.74, 6) is 0. The van der Waals surface area contributed by atoms with Crippen LogP contribution in [0.3, 0.4) is 0 Å². The van der Waals surface area contributed by atoms with Gasteiger partial charge in [0.2, 0.25) is 0 Å². The van der Waals surface area contributed by atoms with Crippen LogP contribution in [0.2, 0.25) is 0 Å². The average molecular weight is 207 g/mol. The van der Waals surface area contributed by atoms with E-state index in [4.69, 9.17) is 0 Å². The van der Waals surface area contributed by atoms with Crippen molar-refractivity contribution in [1.29, 1.82) is 0 Å². The third kappa shape index (κ3) is 9.25. The van der Waals surface area contributed by atoms with E-state index in [-0.39, 0.29) is 66.7 Å². The predicted molar refractivity (Wildman–Crippen MR) is 40.4 cm³/mol. The minimum atomic E-state index is 0. The summed E-state index contributed by atoms with van der Waals surface area (Å²) >= 11 is 0. The van der Waals surface area contributed by atoms with Gasteiger partial charge in [0, 0.05) is 0 Å². The van der Waals surface area contributed by atoms with Gasteiger partial charge in [-0.2, -0.15) is 35.9 Å². The monoisotopic (exact) mass is 206 g/mol. The van der Waals surface area contributed by atoms with Crippen LogP contribution in [-0.2, 0) is 6.42 Å². The molecule has 58 valence electrons. The molecular formula is C8H9Cl2LiMg. The Morgan fingerprint density at radius 1 is 1.25 bits per heavy atom. The van der Waals surface area contributed by atoms with E-state index in [2.05, 4.69) is 19.1 Å². The van der Waals surface area contributed by atoms with Crippen LogP contribution in [0.4, 0.5) is 0 Å². The minimum Gasteiger partial charge on any atom is -1.00 e. The van der Waals surface area contributed by atoms with Crippen LogP contribution in [0.1, 0.15) is 12.5 Å². The summed E-state index contributed by atoms with van der Waals surface area (Å²) in [4.78, 5) is 0. The normalized spacial score (nSPS) is 6.08. The van der Waals surface area contributed by atoms with E-state index in [1.165, 1.54) is 5.56 Å². The molecule has 0 unspecified atom stereocenters. The van der Waals surface area contributed by atoms with Crippen molar-refractivity contribution < 1.29 is 43.7 Å². The van der Waals surface area contributed by atoms with Crippen LogP contribution in [0, 0.1) is 6.07 Å². The quantitative estimate of drug-likeness (QED) is 0.317. The van der Waals surface area contributed by atoms with E-state index < -0.39 is 0 Å². The first-order chi connectivity index (χ1) is 3.93. The van der Waals surface area contributed by atoms with E-state index in [9.17, 15) is 0 Å². The molecule has 1 rings (SSSR count). The van der Waals surface area contributed by atoms with Gasteiger partial charge in [-0.05, 0) is 0 Å². The molecule has 0 amide bonds. The molecule has 0 spiro atoms. The molecular weight excluding hydrogens is 198 g/mol. The summed E-state index contributed by atoms with van der Waals surface area (Å²) in [6.45, 7) is 2.13. The van der Waals surface area contributed by atoms with Gasteiger partial charge in [0.25, 0.3) is 0 Å². The topological polar surface area (TPSA) is 0 Å². The maximum atomic E-state index is 3.12. The Labute approximate surface area is 115 Å². The smallest absolute Gasteiger partial charge is 1.00 e. The zero-order chi connectivity index (χ0) is 5.82. The molecule has 0 nitrogen and oxygen atoms in total. The van der Waals surface area contributed by atoms with Crippen molar-refractivity contribution in [2.45, 2.75) is 13.3 Å². The summed E-state index contributed by atoms with van der Waals surface area (Å²) in [6.07, 6.45) is 1.08. The zero-order valence-electron chi connectivity index (χ0n) is 7.48. The van der Waals surface area contributed by atoms with Gasteiger partial charge in [0.15, 0.2) is 0 Å². The molecule has 12 heavy (non-hydrogen) atoms. The molecule has 4 heteroatoms. The van der Waals surface area contributed by atoms with Crippen molar-refractivity contribution in [3.63, 3.8) is 0 Å². The molecule has 0 aliphatic rings. The van der Waals surface area contributed by atoms with Crippen molar-refractivity contribution in [3.05, 3.63) is 35.9 Å². The molecule has 0 fully saturated rings. The van der Waals surface area contributed by atoms with E-state index in [1.54, 1.807) is 0 Å². The minimum absolute atomic E-state index is 0. The average Bonchev–Trinajstić information content (AvgIpc) is 1.90. The fourth-order valence-corrected chi connectivity index (χ4v) is 0.650. The van der Waals surface area contributed by atoms with Crippen LogP contribution >= 0.6 is 0 Å². The van der Waals surface area contributed by atoms with Crippen LogP contribution in [0.15, 0.2) is 24.3 Å². The molecule has 1 aromatic rings. The van der Waals surface area contributed by atoms with E-state index in [1.807, 2.05) is 18.2 Å². The van der Waals surface area contributed by atoms with Crippen molar-refractivity contribution in [2.75, 3.05) is 0 Å². The Balaban J connectivity index is -0.0000000800.